The average Bonchev–Trinajstić information content (AvgIpc) is 0.861. The summed E-state index contributed by atoms with van der Waals surface area (Å²) in [5.41, 5.74) is 39.4. The van der Waals surface area contributed by atoms with Crippen molar-refractivity contribution in [2.45, 2.75) is 178 Å². The van der Waals surface area contributed by atoms with Gasteiger partial charge in [-0.05, 0) is 51.9 Å². The number of aliphatic hydroxyl groups is 5. The van der Waals surface area contributed by atoms with Crippen LogP contribution in [0.15, 0.2) is 28.3 Å². The Hall–Kier alpha value is -8.52. The van der Waals surface area contributed by atoms with Gasteiger partial charge in [-0.3, -0.25) is 56.8 Å². The molecule has 46 nitrogen and oxygen atoms in total. The van der Waals surface area contributed by atoms with Crippen LogP contribution in [0.3, 0.4) is 0 Å². The Morgan fingerprint density at radius 3 is 1.99 bits per heavy atom. The monoisotopic (exact) mass is 1610 g/mol. The Morgan fingerprint density at radius 2 is 1.42 bits per heavy atom. The molecule has 0 aliphatic carbocycles. The van der Waals surface area contributed by atoms with Gasteiger partial charge in [0.15, 0.2) is 24.6 Å². The van der Waals surface area contributed by atoms with Crippen LogP contribution < -0.4 is 72.0 Å². The van der Waals surface area contributed by atoms with Gasteiger partial charge >= 0.3 is 26.9 Å². The van der Waals surface area contributed by atoms with E-state index in [0.29, 0.717) is 48.1 Å². The number of nitrogens with zero attached hydrogens (tertiary/aromatic N) is 6. The summed E-state index contributed by atoms with van der Waals surface area (Å²) in [6.07, 6.45) is -14.8. The van der Waals surface area contributed by atoms with Gasteiger partial charge in [0.1, 0.15) is 76.3 Å². The van der Waals surface area contributed by atoms with Crippen LogP contribution in [-0.2, 0) is 74.9 Å². The van der Waals surface area contributed by atoms with Crippen molar-refractivity contribution in [3.8, 4) is 10.7 Å². The molecule has 606 valence electrons. The second kappa shape index (κ2) is 42.4. The average molecular weight is 1620 g/mol. The van der Waals surface area contributed by atoms with E-state index in [1.54, 1.807) is 17.7 Å². The molecule has 19 atom stereocenters. The number of nitrogens with one attached hydrogen (secondary N) is 7. The van der Waals surface area contributed by atoms with E-state index in [0.717, 1.165) is 0 Å². The van der Waals surface area contributed by atoms with Crippen molar-refractivity contribution in [3.05, 3.63) is 56.8 Å². The number of ether oxygens (including phenoxy) is 5. The summed E-state index contributed by atoms with van der Waals surface area (Å²) in [7, 11) is -9.33. The molecule has 8 amide bonds. The van der Waals surface area contributed by atoms with Gasteiger partial charge in [0, 0.05) is 55.3 Å². The van der Waals surface area contributed by atoms with E-state index in [4.69, 9.17) is 98.9 Å². The molecule has 50 heteroatoms. The van der Waals surface area contributed by atoms with Crippen LogP contribution in [0.4, 0.5) is 10.6 Å². The van der Waals surface area contributed by atoms with Gasteiger partial charge in [-0.15, -0.1) is 22.7 Å². The van der Waals surface area contributed by atoms with E-state index in [1.165, 1.54) is 62.9 Å². The lowest BCUT2D eigenvalue weighted by molar-refractivity contribution is -0.360. The third-order valence-electron chi connectivity index (χ3n) is 16.5. The molecule has 30 N–H and O–H groups in total. The topological polar surface area (TPSA) is 780 Å². The molecule has 0 spiro atoms. The first kappa shape index (κ1) is 91.9. The number of primary amides is 3. The Labute approximate surface area is 625 Å². The largest absolute Gasteiger partial charge is 0.441 e. The zero-order chi connectivity index (χ0) is 81.4. The number of carbonyl (C=O) groups is 8. The number of aromatic nitrogens is 6. The summed E-state index contributed by atoms with van der Waals surface area (Å²) < 4.78 is 93.8. The summed E-state index contributed by atoms with van der Waals surface area (Å²) in [4.78, 5) is 136. The minimum absolute atomic E-state index is 0.00652. The van der Waals surface area contributed by atoms with E-state index in [2.05, 4.69) is 66.8 Å². The summed E-state index contributed by atoms with van der Waals surface area (Å²) in [5, 5.41) is 75.8. The van der Waals surface area contributed by atoms with E-state index in [1.807, 2.05) is 13.8 Å². The van der Waals surface area contributed by atoms with E-state index in [9.17, 15) is 54.3 Å². The predicted molar refractivity (Wildman–Crippen MR) is 378 cm³/mol. The minimum Gasteiger partial charge on any atom is -0.441 e. The Bertz CT molecular complexity index is 3870. The van der Waals surface area contributed by atoms with Gasteiger partial charge < -0.3 is 126 Å². The van der Waals surface area contributed by atoms with Crippen molar-refractivity contribution in [2.24, 2.45) is 57.1 Å². The van der Waals surface area contributed by atoms with Crippen LogP contribution in [0.1, 0.15) is 122 Å². The normalized spacial score (nSPS) is 22.5. The van der Waals surface area contributed by atoms with Crippen LogP contribution >= 0.6 is 22.7 Å². The number of carbonyl (C=O) groups excluding carboxylic acids is 8. The number of anilines is 1. The first-order chi connectivity index (χ1) is 50.3. The number of hydrogen-bond donors (Lipinski definition) is 23. The number of nitrogen functional groups attached to an aromatic ring is 1. The maximum absolute atomic E-state index is 15.3. The van der Waals surface area contributed by atoms with Crippen LogP contribution in [0, 0.1) is 24.7 Å². The fourth-order valence-electron chi connectivity index (χ4n) is 10.6. The van der Waals surface area contributed by atoms with Crippen LogP contribution in [0.25, 0.3) is 10.7 Å². The van der Waals surface area contributed by atoms with Gasteiger partial charge in [0.2, 0.25) is 29.5 Å². The number of amides is 8. The second-order valence-electron chi connectivity index (χ2n) is 24.6. The highest BCUT2D eigenvalue weighted by molar-refractivity contribution is 7.80. The van der Waals surface area contributed by atoms with E-state index >= 15 is 9.59 Å². The molecule has 2 fully saturated rings. The van der Waals surface area contributed by atoms with Crippen LogP contribution in [-0.4, -0.2) is 262 Å². The van der Waals surface area contributed by atoms with Crippen molar-refractivity contribution < 1.29 is 123 Å². The fourth-order valence-corrected chi connectivity index (χ4v) is 12.2. The number of guanidine groups is 1. The lowest BCUT2D eigenvalue weighted by atomic mass is 9.82. The molecular formula is C58H94N20O26S4. The third-order valence-corrected chi connectivity index (χ3v) is 18.3. The molecule has 108 heavy (non-hydrogen) atoms. The molecule has 0 radical (unpaired) electrons. The quantitative estimate of drug-likeness (QED) is 0.00872. The first-order valence-electron chi connectivity index (χ1n) is 32.8. The van der Waals surface area contributed by atoms with Gasteiger partial charge in [-0.2, -0.15) is 16.8 Å². The number of aliphatic hydroxyl groups excluding tert-OH is 5. The molecule has 6 heterocycles. The number of aromatic amines is 1. The fraction of sp³-hybridized carbons (Fsp3) is 0.621. The zero-order valence-corrected chi connectivity index (χ0v) is 62.4. The maximum Gasteiger partial charge on any atom is 0.404 e. The number of hydrogen-bond acceptors (Lipinski definition) is 33. The van der Waals surface area contributed by atoms with Gasteiger partial charge in [-0.1, -0.05) is 27.7 Å². The lowest BCUT2D eigenvalue weighted by Gasteiger charge is -2.48. The highest BCUT2D eigenvalue weighted by Gasteiger charge is 2.52. The molecule has 10 unspecified atom stereocenters. The van der Waals surface area contributed by atoms with Crippen molar-refractivity contribution >= 4 is 103 Å². The zero-order valence-electron chi connectivity index (χ0n) is 59.2. The standard InChI is InChI=1S/C58H90N20O18S2.2H2O4S/c1-8-33-22(2)23(3)43(94-55-42(84)45(96-58(65)91)41(83)34(18-79)93-55)56(92-33)95-44(30-17-66-21-71-30)39(77-52(89)37-24(4)46(61)78-48(75-37)29(15-35(60)81)70-16-28(59)47(62)85)53(90)72-26(6)40(82)25(5)49(86)76-38(27(7)80)51(88)68-14-11-36-73-32(20-97-36)54-74-31(19-98-54)50(87)67-12-9-10-13-69-57(63)64;2*1-5(2,3)4/h17,19-23,25-29,33-34,38-45,55-56,70,79-80,82-84H,8-16,18,59H2,1-7H3,(H2,60,81)(H2,62,85)(H2,65,91)(H,66,71)(H,67,87)(H,68,88)(H,72,90)(H,76,86)(H,77,89)(H2,61,75,78)(H4,63,64,69);2*(H2,1,2,3,4)/t22-,23-,25?,26?,27?,28?,29?,33-,34+,38?,39?,40?,41+,42-,43-,44?,45-,55+,56?;;/m0../s1. The lowest BCUT2D eigenvalue weighted by Crippen LogP contribution is -2.63. The van der Waals surface area contributed by atoms with Gasteiger partial charge in [0.05, 0.1) is 72.2 Å². The van der Waals surface area contributed by atoms with Crippen molar-refractivity contribution in [1.29, 1.82) is 0 Å². The number of imidazole rings is 1. The molecule has 4 aromatic rings. The minimum atomic E-state index is -4.67. The first-order valence-corrected chi connectivity index (χ1v) is 37.3. The highest BCUT2D eigenvalue weighted by atomic mass is 32.3. The van der Waals surface area contributed by atoms with Gasteiger partial charge in [0.25, 0.3) is 11.8 Å². The van der Waals surface area contributed by atoms with E-state index in [-0.39, 0.29) is 65.9 Å². The molecule has 6 rings (SSSR count). The highest BCUT2D eigenvalue weighted by Crippen LogP contribution is 2.40. The molecule has 0 aromatic carbocycles. The Kier molecular flexibility index (Phi) is 36.1. The number of H-pyrrole nitrogens is 1. The molecule has 0 bridgehead atoms. The summed E-state index contributed by atoms with van der Waals surface area (Å²) in [6.45, 7) is 10.4. The van der Waals surface area contributed by atoms with Crippen molar-refractivity contribution in [2.75, 3.05) is 38.5 Å². The molecule has 4 aromatic heterocycles. The molecule has 0 saturated carbocycles. The predicted octanol–water partition coefficient (Wildman–Crippen LogP) is -6.26. The number of nitrogens with two attached hydrogens (primary N) is 7. The number of thiazole rings is 2. The van der Waals surface area contributed by atoms with Crippen molar-refractivity contribution in [1.82, 2.24) is 61.8 Å². The third kappa shape index (κ3) is 29.1. The second-order valence-corrected chi connectivity index (χ2v) is 28.2. The SMILES string of the molecule is CC[C@@H]1OC(OC(c2cnc[nH]2)C(NC(=O)c2nc(C(CC(N)=O)NCC(N)C(N)=O)nc(N)c2C)C(=O)NC(C)C(O)C(C)C(=O)NC(C(=O)NCCc2nc(-c3nc(C(=O)NCCCCN=C(N)N)cs3)cs2)C(C)O)[C@@H](O[C@H]2O[C@H](CO)[C@@H](O)[C@H](OC(N)=O)[C@@H]2O)[C@@H](C)[C@@H]1C.O=S(=O)(O)O.O=S(=O)(O)O. The smallest absolute Gasteiger partial charge is 0.404 e. The number of unbranched alkanes of at least 4 members (excludes halogenated alkanes) is 1. The van der Waals surface area contributed by atoms with Crippen molar-refractivity contribution in [3.63, 3.8) is 0 Å². The Balaban J connectivity index is 0.00000230. The molecule has 2 aliphatic heterocycles. The molecule has 2 aliphatic rings. The molecular weight excluding hydrogens is 1520 g/mol. The maximum atomic E-state index is 15.3. The van der Waals surface area contributed by atoms with E-state index < -0.39 is 191 Å². The van der Waals surface area contributed by atoms with Crippen LogP contribution in [0.5, 0.6) is 0 Å². The summed E-state index contributed by atoms with van der Waals surface area (Å²) >= 11 is 2.50. The number of aliphatic imine (C=N–C) groups is 1. The molecule has 2 saturated heterocycles. The summed E-state index contributed by atoms with van der Waals surface area (Å²) in [6, 6.07) is -7.42. The van der Waals surface area contributed by atoms with Gasteiger partial charge in [-0.25, -0.2) is 29.7 Å². The van der Waals surface area contributed by atoms with Crippen LogP contribution in [0.2, 0.25) is 0 Å². The summed E-state index contributed by atoms with van der Waals surface area (Å²) in [5.74, 6) is -9.05. The Morgan fingerprint density at radius 1 is 0.769 bits per heavy atom. The number of rotatable bonds is 36.